The van der Waals surface area contributed by atoms with Gasteiger partial charge in [-0.2, -0.15) is 0 Å². The fourth-order valence-electron chi connectivity index (χ4n) is 5.54. The molecule has 0 spiro atoms. The minimum Gasteiger partial charge on any atom is -0.458 e. The van der Waals surface area contributed by atoms with E-state index in [1.54, 1.807) is 20.8 Å². The van der Waals surface area contributed by atoms with Crippen LogP contribution in [0.3, 0.4) is 0 Å². The monoisotopic (exact) mass is 629 g/mol. The summed E-state index contributed by atoms with van der Waals surface area (Å²) in [6, 6.07) is 0. The lowest BCUT2D eigenvalue weighted by atomic mass is 9.73. The van der Waals surface area contributed by atoms with Gasteiger partial charge in [-0.3, -0.25) is 14.2 Å². The molecule has 2 fully saturated rings. The third-order valence-corrected chi connectivity index (χ3v) is 11.2. The number of nitrogens with two attached hydrogens (primary N) is 1. The van der Waals surface area contributed by atoms with E-state index in [4.69, 9.17) is 15.2 Å². The van der Waals surface area contributed by atoms with Crippen molar-refractivity contribution in [1.82, 2.24) is 10.1 Å². The van der Waals surface area contributed by atoms with E-state index >= 15 is 0 Å². The number of hydrogen-bond acceptors (Lipinski definition) is 10. The Hall–Kier alpha value is -1.50. The van der Waals surface area contributed by atoms with Crippen LogP contribution in [0.4, 0.5) is 0 Å². The minimum absolute atomic E-state index is 0.0283. The molecule has 2 unspecified atom stereocenters. The maximum Gasteiger partial charge on any atom is 0.309 e. The number of nitrogens with one attached hydrogen (secondary N) is 1. The number of esters is 1. The number of ketones is 1. The molecule has 3 rings (SSSR count). The fourth-order valence-corrected chi connectivity index (χ4v) is 7.24. The van der Waals surface area contributed by atoms with E-state index in [0.29, 0.717) is 17.1 Å². The van der Waals surface area contributed by atoms with Crippen molar-refractivity contribution in [3.8, 4) is 0 Å². The third-order valence-electron chi connectivity index (χ3n) is 8.77. The predicted molar refractivity (Wildman–Crippen MR) is 162 cm³/mol. The van der Waals surface area contributed by atoms with Crippen LogP contribution in [0.1, 0.15) is 84.3 Å². The molecule has 8 atom stereocenters. The first kappa shape index (κ1) is 35.0. The number of aliphatic hydroxyl groups excluding tert-OH is 2. The van der Waals surface area contributed by atoms with Gasteiger partial charge in [0, 0.05) is 24.3 Å². The van der Waals surface area contributed by atoms with Crippen molar-refractivity contribution in [1.29, 1.82) is 0 Å². The van der Waals surface area contributed by atoms with Gasteiger partial charge in [0.05, 0.1) is 54.1 Å². The number of aliphatic hydroxyl groups is 2. The standard InChI is InChI=1S/C29H48N3O8PS/c1-17-8-7-9-29(6)23(40-29)13-21(39-25(34)14-22(33)28(4,5)27(36)19(3)26(17)35)18(2)12-20-16-42-24(32-20)15-31-41(37,38)11-10-30/h12,16-17,19,21-23,26,33,35H,7-11,13-15,30H2,1-6H3,(H2,31,37,38)/b18-12+/t17-,19+,21-,22?,23-,26-,29+/m0/s1. The Morgan fingerprint density at radius 1 is 1.29 bits per heavy atom. The summed E-state index contributed by atoms with van der Waals surface area (Å²) >= 11 is 1.34. The maximum atomic E-state index is 13.3. The molecule has 0 radical (unpaired) electrons. The van der Waals surface area contributed by atoms with Gasteiger partial charge in [0.25, 0.3) is 7.52 Å². The summed E-state index contributed by atoms with van der Waals surface area (Å²) in [5.41, 5.74) is 5.11. The van der Waals surface area contributed by atoms with Crippen LogP contribution in [0, 0.1) is 17.3 Å². The number of thiazole rings is 1. The topological polar surface area (TPSA) is 185 Å². The van der Waals surface area contributed by atoms with Gasteiger partial charge in [0.1, 0.15) is 16.9 Å². The van der Waals surface area contributed by atoms with Crippen LogP contribution >= 0.6 is 18.9 Å². The minimum atomic E-state index is -3.53. The van der Waals surface area contributed by atoms with E-state index in [1.807, 2.05) is 32.2 Å². The molecular weight excluding hydrogens is 581 g/mol. The first-order valence-corrected chi connectivity index (χ1v) is 17.4. The van der Waals surface area contributed by atoms with Gasteiger partial charge >= 0.3 is 5.97 Å². The van der Waals surface area contributed by atoms with Gasteiger partial charge in [-0.25, -0.2) is 10.1 Å². The molecule has 13 heteroatoms. The Morgan fingerprint density at radius 2 is 1.98 bits per heavy atom. The van der Waals surface area contributed by atoms with E-state index in [0.717, 1.165) is 24.8 Å². The van der Waals surface area contributed by atoms with E-state index in [-0.39, 0.29) is 49.1 Å². The molecule has 2 aliphatic heterocycles. The van der Waals surface area contributed by atoms with Gasteiger partial charge < -0.3 is 30.3 Å². The van der Waals surface area contributed by atoms with Crippen molar-refractivity contribution in [2.24, 2.45) is 23.0 Å². The molecule has 0 aliphatic carbocycles. The molecular formula is C29H48N3O8PS. The molecule has 2 aliphatic rings. The number of carbonyl (C=O) groups is 2. The summed E-state index contributed by atoms with van der Waals surface area (Å²) in [5.74, 6) is -1.75. The first-order chi connectivity index (χ1) is 19.5. The highest BCUT2D eigenvalue weighted by atomic mass is 32.1. The second-order valence-corrected chi connectivity index (χ2v) is 15.8. The fraction of sp³-hybridized carbons (Fsp3) is 0.759. The van der Waals surface area contributed by atoms with Gasteiger partial charge in [0.15, 0.2) is 0 Å². The number of epoxide rings is 1. The van der Waals surface area contributed by atoms with Crippen molar-refractivity contribution >= 4 is 36.7 Å². The van der Waals surface area contributed by atoms with Crippen LogP contribution in [0.5, 0.6) is 0 Å². The van der Waals surface area contributed by atoms with Crippen LogP contribution in [0.15, 0.2) is 11.0 Å². The molecule has 2 saturated heterocycles. The summed E-state index contributed by atoms with van der Waals surface area (Å²) in [6.45, 7) is 10.9. The first-order valence-electron chi connectivity index (χ1n) is 14.7. The smallest absolute Gasteiger partial charge is 0.309 e. The molecule has 42 heavy (non-hydrogen) atoms. The molecule has 238 valence electrons. The van der Waals surface area contributed by atoms with Crippen molar-refractivity contribution < 1.29 is 38.7 Å². The largest absolute Gasteiger partial charge is 0.458 e. The van der Waals surface area contributed by atoms with E-state index < -0.39 is 43.1 Å². The predicted octanol–water partition coefficient (Wildman–Crippen LogP) is 3.40. The lowest BCUT2D eigenvalue weighted by Gasteiger charge is -2.34. The number of rotatable bonds is 7. The summed E-state index contributed by atoms with van der Waals surface area (Å²) < 4.78 is 24.0. The van der Waals surface area contributed by atoms with E-state index in [2.05, 4.69) is 10.1 Å². The van der Waals surface area contributed by atoms with Gasteiger partial charge in [-0.1, -0.05) is 34.1 Å². The van der Waals surface area contributed by atoms with Crippen LogP contribution < -0.4 is 10.8 Å². The number of Topliss-reactive ketones (excluding diaryl/α,β-unsaturated/α-hetero) is 1. The van der Waals surface area contributed by atoms with Gasteiger partial charge in [0.2, 0.25) is 0 Å². The summed E-state index contributed by atoms with van der Waals surface area (Å²) in [4.78, 5) is 40.8. The van der Waals surface area contributed by atoms with Crippen molar-refractivity contribution in [2.45, 2.75) is 110 Å². The van der Waals surface area contributed by atoms with Crippen molar-refractivity contribution in [2.75, 3.05) is 12.7 Å². The Kier molecular flexibility index (Phi) is 11.7. The lowest BCUT2D eigenvalue weighted by Crippen LogP contribution is -2.45. The molecule has 0 aromatic carbocycles. The highest BCUT2D eigenvalue weighted by Crippen LogP contribution is 2.45. The summed E-state index contributed by atoms with van der Waals surface area (Å²) in [5, 5.41) is 26.9. The summed E-state index contributed by atoms with van der Waals surface area (Å²) in [6.07, 6.45) is 1.20. The molecule has 1 aromatic heterocycles. The molecule has 1 aromatic rings. The highest BCUT2D eigenvalue weighted by molar-refractivity contribution is 7.55. The molecule has 0 bridgehead atoms. The van der Waals surface area contributed by atoms with E-state index in [1.165, 1.54) is 11.3 Å². The Bertz CT molecular complexity index is 1190. The molecule has 6 N–H and O–H groups in total. The van der Waals surface area contributed by atoms with Crippen molar-refractivity contribution in [3.05, 3.63) is 21.7 Å². The quantitative estimate of drug-likeness (QED) is 0.169. The average molecular weight is 630 g/mol. The van der Waals surface area contributed by atoms with Crippen LogP contribution in [0.25, 0.3) is 6.08 Å². The highest BCUT2D eigenvalue weighted by Gasteiger charge is 2.53. The van der Waals surface area contributed by atoms with Crippen LogP contribution in [-0.4, -0.2) is 74.6 Å². The zero-order valence-electron chi connectivity index (χ0n) is 25.5. The average Bonchev–Trinajstić information content (AvgIpc) is 3.31. The summed E-state index contributed by atoms with van der Waals surface area (Å²) in [7, 11) is -3.53. The van der Waals surface area contributed by atoms with Crippen LogP contribution in [0.2, 0.25) is 0 Å². The number of fused-ring (bicyclic) bond motifs is 1. The zero-order valence-corrected chi connectivity index (χ0v) is 27.2. The second-order valence-electron chi connectivity index (χ2n) is 12.7. The number of carbonyl (C=O) groups excluding carboxylic acids is 2. The number of nitrogens with zero attached hydrogens (tertiary/aromatic N) is 1. The Balaban J connectivity index is 1.80. The number of cyclic esters (lactones) is 1. The number of ether oxygens (including phenoxy) is 2. The van der Waals surface area contributed by atoms with Gasteiger partial charge in [-0.15, -0.1) is 11.3 Å². The lowest BCUT2D eigenvalue weighted by molar-refractivity contribution is -0.154. The molecule has 0 amide bonds. The normalized spacial score (nSPS) is 34.8. The molecule has 11 nitrogen and oxygen atoms in total. The third kappa shape index (κ3) is 9.01. The Morgan fingerprint density at radius 3 is 2.64 bits per heavy atom. The maximum absolute atomic E-state index is 13.3. The molecule has 0 saturated carbocycles. The Labute approximate surface area is 252 Å². The van der Waals surface area contributed by atoms with Gasteiger partial charge in [-0.05, 0) is 44.3 Å². The zero-order chi connectivity index (χ0) is 31.5. The van der Waals surface area contributed by atoms with Crippen molar-refractivity contribution in [3.63, 3.8) is 0 Å². The number of hydrogen-bond donors (Lipinski definition) is 5. The second kappa shape index (κ2) is 14.1. The number of aromatic nitrogens is 1. The molecule has 3 heterocycles. The van der Waals surface area contributed by atoms with E-state index in [9.17, 15) is 29.3 Å². The SMILES string of the molecule is C/C(=C\c1csc(CNP(=O)(O)CCN)n1)[C@@H]1C[C@@H]2O[C@]2(C)CCC[C@H](C)[C@H](O)[C@@H](C)C(=O)C(C)(C)C(O)CC(=O)O1. The van der Waals surface area contributed by atoms with Crippen LogP contribution in [-0.2, 0) is 30.2 Å².